The third-order valence-corrected chi connectivity index (χ3v) is 4.65. The summed E-state index contributed by atoms with van der Waals surface area (Å²) in [7, 11) is 1.86. The van der Waals surface area contributed by atoms with Gasteiger partial charge in [-0.3, -0.25) is 25.2 Å². The van der Waals surface area contributed by atoms with Crippen LogP contribution in [0, 0.1) is 6.92 Å². The number of hydrogen-bond donors (Lipinski definition) is 3. The standard InChI is InChI=1S/C20H22N4O3/c1-5-13-17(12(3)25)11(2)21-18(13)20(27)23-22-19(26)15-10-24(4)16-9-7-6-8-14(15)16/h6-10,21H,5H2,1-4H3,(H,22,26)(H,23,27). The molecule has 0 radical (unpaired) electrons. The fourth-order valence-electron chi connectivity index (χ4n) is 3.47. The minimum absolute atomic E-state index is 0.0977. The molecule has 0 spiro atoms. The van der Waals surface area contributed by atoms with E-state index in [1.54, 1.807) is 13.1 Å². The number of fused-ring (bicyclic) bond motifs is 1. The molecule has 0 saturated carbocycles. The van der Waals surface area contributed by atoms with Gasteiger partial charge in [0.15, 0.2) is 5.78 Å². The van der Waals surface area contributed by atoms with Crippen LogP contribution in [0.3, 0.4) is 0 Å². The number of aryl methyl sites for hydroxylation is 2. The summed E-state index contributed by atoms with van der Waals surface area (Å²) in [4.78, 5) is 39.9. The van der Waals surface area contributed by atoms with Gasteiger partial charge in [-0.1, -0.05) is 25.1 Å². The Bertz CT molecular complexity index is 1060. The van der Waals surface area contributed by atoms with Gasteiger partial charge in [-0.25, -0.2) is 0 Å². The first kappa shape index (κ1) is 18.4. The van der Waals surface area contributed by atoms with Crippen LogP contribution >= 0.6 is 0 Å². The Kier molecular flexibility index (Phi) is 4.85. The van der Waals surface area contributed by atoms with Crippen molar-refractivity contribution in [1.29, 1.82) is 0 Å². The number of nitrogens with one attached hydrogen (secondary N) is 3. The van der Waals surface area contributed by atoms with Gasteiger partial charge in [0.05, 0.1) is 5.56 Å². The Balaban J connectivity index is 1.81. The molecule has 2 aromatic heterocycles. The van der Waals surface area contributed by atoms with Crippen LogP contribution in [0.15, 0.2) is 30.5 Å². The van der Waals surface area contributed by atoms with Gasteiger partial charge in [-0.05, 0) is 31.9 Å². The molecule has 140 valence electrons. The van der Waals surface area contributed by atoms with Crippen molar-refractivity contribution >= 4 is 28.5 Å². The predicted octanol–water partition coefficient (Wildman–Crippen LogP) is 2.65. The normalized spacial score (nSPS) is 10.8. The fraction of sp³-hybridized carbons (Fsp3) is 0.250. The molecule has 7 nitrogen and oxygen atoms in total. The molecule has 2 heterocycles. The van der Waals surface area contributed by atoms with Crippen molar-refractivity contribution in [2.75, 3.05) is 0 Å². The highest BCUT2D eigenvalue weighted by Gasteiger charge is 2.22. The average molecular weight is 366 g/mol. The number of aromatic amines is 1. The zero-order valence-corrected chi connectivity index (χ0v) is 15.8. The number of rotatable bonds is 4. The molecule has 2 amide bonds. The summed E-state index contributed by atoms with van der Waals surface area (Å²) in [5.41, 5.74) is 8.40. The highest BCUT2D eigenvalue weighted by Crippen LogP contribution is 2.21. The minimum Gasteiger partial charge on any atom is -0.354 e. The molecule has 0 aliphatic rings. The van der Waals surface area contributed by atoms with Crippen LogP contribution in [0.1, 0.15) is 56.3 Å². The SMILES string of the molecule is CCc1c(C(=O)NNC(=O)c2cn(C)c3ccccc23)[nH]c(C)c1C(C)=O. The molecule has 0 aliphatic carbocycles. The molecule has 3 rings (SSSR count). The van der Waals surface area contributed by atoms with Crippen molar-refractivity contribution in [2.24, 2.45) is 7.05 Å². The average Bonchev–Trinajstić information content (AvgIpc) is 3.17. The minimum atomic E-state index is -0.490. The lowest BCUT2D eigenvalue weighted by Gasteiger charge is -2.07. The van der Waals surface area contributed by atoms with E-state index in [2.05, 4.69) is 15.8 Å². The Hall–Kier alpha value is -3.35. The summed E-state index contributed by atoms with van der Waals surface area (Å²) in [6.45, 7) is 5.10. The van der Waals surface area contributed by atoms with Crippen LogP contribution in [0.2, 0.25) is 0 Å². The number of aromatic nitrogens is 2. The molecule has 0 fully saturated rings. The second kappa shape index (κ2) is 7.11. The first-order chi connectivity index (χ1) is 12.8. The molecule has 0 saturated heterocycles. The third kappa shape index (κ3) is 3.23. The first-order valence-corrected chi connectivity index (χ1v) is 8.72. The van der Waals surface area contributed by atoms with E-state index in [1.165, 1.54) is 6.92 Å². The molecule has 0 aliphatic heterocycles. The van der Waals surface area contributed by atoms with E-state index < -0.39 is 11.8 Å². The van der Waals surface area contributed by atoms with E-state index in [4.69, 9.17) is 0 Å². The van der Waals surface area contributed by atoms with E-state index >= 15 is 0 Å². The topological polar surface area (TPSA) is 96.0 Å². The maximum atomic E-state index is 12.5. The lowest BCUT2D eigenvalue weighted by atomic mass is 10.0. The number of Topliss-reactive ketones (excluding diaryl/α,β-unsaturated/α-hetero) is 1. The second-order valence-electron chi connectivity index (χ2n) is 6.47. The number of para-hydroxylation sites is 1. The maximum absolute atomic E-state index is 12.5. The van der Waals surface area contributed by atoms with Gasteiger partial charge in [-0.2, -0.15) is 0 Å². The quantitative estimate of drug-likeness (QED) is 0.489. The lowest BCUT2D eigenvalue weighted by Crippen LogP contribution is -2.42. The summed E-state index contributed by atoms with van der Waals surface area (Å²) < 4.78 is 1.86. The molecular formula is C20H22N4O3. The van der Waals surface area contributed by atoms with Gasteiger partial charge in [0.1, 0.15) is 5.69 Å². The van der Waals surface area contributed by atoms with Gasteiger partial charge in [0.25, 0.3) is 11.8 Å². The second-order valence-corrected chi connectivity index (χ2v) is 6.47. The van der Waals surface area contributed by atoms with E-state index in [0.717, 1.165) is 10.9 Å². The van der Waals surface area contributed by atoms with Gasteiger partial charge in [0.2, 0.25) is 0 Å². The monoisotopic (exact) mass is 366 g/mol. The Morgan fingerprint density at radius 1 is 1.11 bits per heavy atom. The number of H-pyrrole nitrogens is 1. The maximum Gasteiger partial charge on any atom is 0.286 e. The molecular weight excluding hydrogens is 344 g/mol. The van der Waals surface area contributed by atoms with Gasteiger partial charge >= 0.3 is 0 Å². The Labute approximate surface area is 156 Å². The fourth-order valence-corrected chi connectivity index (χ4v) is 3.47. The van der Waals surface area contributed by atoms with E-state index in [0.29, 0.717) is 34.5 Å². The van der Waals surface area contributed by atoms with Crippen molar-refractivity contribution < 1.29 is 14.4 Å². The molecule has 1 aromatic carbocycles. The van der Waals surface area contributed by atoms with Gasteiger partial charge < -0.3 is 9.55 Å². The molecule has 3 N–H and O–H groups in total. The van der Waals surface area contributed by atoms with E-state index in [9.17, 15) is 14.4 Å². The van der Waals surface area contributed by atoms with Crippen LogP contribution in [0.5, 0.6) is 0 Å². The summed E-state index contributed by atoms with van der Waals surface area (Å²) >= 11 is 0. The molecule has 3 aromatic rings. The number of hydrogen-bond acceptors (Lipinski definition) is 3. The summed E-state index contributed by atoms with van der Waals surface area (Å²) in [6, 6.07) is 7.53. The highest BCUT2D eigenvalue weighted by atomic mass is 16.2. The molecule has 7 heteroatoms. The summed E-state index contributed by atoms with van der Waals surface area (Å²) in [5, 5.41) is 0.801. The predicted molar refractivity (Wildman–Crippen MR) is 103 cm³/mol. The van der Waals surface area contributed by atoms with Gasteiger partial charge in [-0.15, -0.1) is 0 Å². The molecule has 0 atom stereocenters. The number of nitrogens with zero attached hydrogens (tertiary/aromatic N) is 1. The molecule has 0 unspecified atom stereocenters. The zero-order chi connectivity index (χ0) is 19.7. The number of hydrazine groups is 1. The molecule has 0 bridgehead atoms. The summed E-state index contributed by atoms with van der Waals surface area (Å²) in [5.74, 6) is -0.997. The van der Waals surface area contributed by atoms with Crippen molar-refractivity contribution in [3.63, 3.8) is 0 Å². The summed E-state index contributed by atoms with van der Waals surface area (Å²) in [6.07, 6.45) is 2.25. The Morgan fingerprint density at radius 2 is 1.78 bits per heavy atom. The van der Waals surface area contributed by atoms with E-state index in [1.807, 2.05) is 42.8 Å². The number of ketones is 1. The lowest BCUT2D eigenvalue weighted by molar-refractivity contribution is 0.0844. The number of amides is 2. The largest absolute Gasteiger partial charge is 0.354 e. The van der Waals surface area contributed by atoms with Crippen molar-refractivity contribution in [3.8, 4) is 0 Å². The highest BCUT2D eigenvalue weighted by molar-refractivity contribution is 6.08. The smallest absolute Gasteiger partial charge is 0.286 e. The third-order valence-electron chi connectivity index (χ3n) is 4.65. The van der Waals surface area contributed by atoms with Crippen molar-refractivity contribution in [2.45, 2.75) is 27.2 Å². The number of carbonyl (C=O) groups excluding carboxylic acids is 3. The van der Waals surface area contributed by atoms with Crippen molar-refractivity contribution in [3.05, 3.63) is 58.5 Å². The molecule has 27 heavy (non-hydrogen) atoms. The van der Waals surface area contributed by atoms with Crippen LogP contribution < -0.4 is 10.9 Å². The van der Waals surface area contributed by atoms with Gasteiger partial charge in [0, 0.05) is 35.4 Å². The Morgan fingerprint density at radius 3 is 2.44 bits per heavy atom. The first-order valence-electron chi connectivity index (χ1n) is 8.72. The van der Waals surface area contributed by atoms with Crippen LogP contribution in [0.25, 0.3) is 10.9 Å². The van der Waals surface area contributed by atoms with Crippen LogP contribution in [-0.2, 0) is 13.5 Å². The number of carbonyl (C=O) groups is 3. The van der Waals surface area contributed by atoms with Crippen molar-refractivity contribution in [1.82, 2.24) is 20.4 Å². The van der Waals surface area contributed by atoms with E-state index in [-0.39, 0.29) is 5.78 Å². The zero-order valence-electron chi connectivity index (χ0n) is 15.8. The van der Waals surface area contributed by atoms with Crippen LogP contribution in [-0.4, -0.2) is 27.1 Å². The number of benzene rings is 1. The van der Waals surface area contributed by atoms with Crippen LogP contribution in [0.4, 0.5) is 0 Å².